The normalized spacial score (nSPS) is 16.6. The van der Waals surface area contributed by atoms with Gasteiger partial charge >= 0.3 is 0 Å². The molecule has 4 rings (SSSR count). The SMILES string of the molecule is CS(=O)(=O)c1ccc(C2(C(=O)NCc3ccc4nsnc4c3)CCCCC2)cc1. The smallest absolute Gasteiger partial charge is 0.230 e. The van der Waals surface area contributed by atoms with Gasteiger partial charge in [-0.2, -0.15) is 8.75 Å². The Kier molecular flexibility index (Phi) is 5.40. The molecular weight excluding hydrogens is 406 g/mol. The van der Waals surface area contributed by atoms with E-state index in [2.05, 4.69) is 14.1 Å². The van der Waals surface area contributed by atoms with Gasteiger partial charge in [-0.1, -0.05) is 37.5 Å². The Morgan fingerprint density at radius 2 is 1.72 bits per heavy atom. The monoisotopic (exact) mass is 429 g/mol. The van der Waals surface area contributed by atoms with Gasteiger partial charge in [0, 0.05) is 12.8 Å². The van der Waals surface area contributed by atoms with Crippen molar-refractivity contribution in [1.82, 2.24) is 14.1 Å². The number of hydrogen-bond acceptors (Lipinski definition) is 6. The van der Waals surface area contributed by atoms with E-state index in [9.17, 15) is 13.2 Å². The van der Waals surface area contributed by atoms with Gasteiger partial charge in [0.05, 0.1) is 22.0 Å². The molecule has 1 fully saturated rings. The van der Waals surface area contributed by atoms with E-state index >= 15 is 0 Å². The Labute approximate surface area is 174 Å². The van der Waals surface area contributed by atoms with Gasteiger partial charge in [-0.05, 0) is 48.2 Å². The summed E-state index contributed by atoms with van der Waals surface area (Å²) in [5.74, 6) is 0.000746. The zero-order valence-electron chi connectivity index (χ0n) is 16.2. The molecule has 0 radical (unpaired) electrons. The highest BCUT2D eigenvalue weighted by molar-refractivity contribution is 7.90. The van der Waals surface area contributed by atoms with Crippen LogP contribution in [0.2, 0.25) is 0 Å². The molecule has 1 heterocycles. The highest BCUT2D eigenvalue weighted by Crippen LogP contribution is 2.40. The van der Waals surface area contributed by atoms with Crippen LogP contribution >= 0.6 is 11.7 Å². The molecule has 1 amide bonds. The number of carbonyl (C=O) groups excluding carboxylic acids is 1. The van der Waals surface area contributed by atoms with Crippen LogP contribution in [0.25, 0.3) is 11.0 Å². The maximum absolute atomic E-state index is 13.3. The molecule has 1 aromatic heterocycles. The van der Waals surface area contributed by atoms with Crippen molar-refractivity contribution in [2.75, 3.05) is 6.26 Å². The van der Waals surface area contributed by atoms with Crippen LogP contribution in [0.4, 0.5) is 0 Å². The van der Waals surface area contributed by atoms with E-state index < -0.39 is 15.3 Å². The van der Waals surface area contributed by atoms with Crippen LogP contribution in [0.1, 0.15) is 43.2 Å². The van der Waals surface area contributed by atoms with Crippen molar-refractivity contribution in [2.45, 2.75) is 49.0 Å². The standard InChI is InChI=1S/C21H23N3O3S2/c1-29(26,27)17-8-6-16(7-9-17)21(11-3-2-4-12-21)20(25)22-14-15-5-10-18-19(13-15)24-28-23-18/h5-10,13H,2-4,11-12,14H2,1H3,(H,22,25). The Morgan fingerprint density at radius 1 is 1.03 bits per heavy atom. The third-order valence-corrected chi connectivity index (χ3v) is 7.43. The van der Waals surface area contributed by atoms with E-state index in [1.54, 1.807) is 24.3 Å². The lowest BCUT2D eigenvalue weighted by atomic mass is 9.68. The molecule has 6 nitrogen and oxygen atoms in total. The highest BCUT2D eigenvalue weighted by Gasteiger charge is 2.41. The second kappa shape index (κ2) is 7.84. The number of benzene rings is 2. The van der Waals surface area contributed by atoms with E-state index in [0.717, 1.165) is 54.3 Å². The number of fused-ring (bicyclic) bond motifs is 1. The molecule has 0 unspecified atom stereocenters. The minimum Gasteiger partial charge on any atom is -0.351 e. The summed E-state index contributed by atoms with van der Waals surface area (Å²) in [6.07, 6.45) is 5.82. The van der Waals surface area contributed by atoms with Crippen molar-refractivity contribution in [3.05, 3.63) is 53.6 Å². The predicted octanol–water partition coefficient (Wildman–Crippen LogP) is 3.61. The minimum atomic E-state index is -3.26. The molecule has 152 valence electrons. The van der Waals surface area contributed by atoms with Crippen LogP contribution in [0.15, 0.2) is 47.4 Å². The molecule has 0 atom stereocenters. The van der Waals surface area contributed by atoms with Crippen molar-refractivity contribution in [3.8, 4) is 0 Å². The molecule has 0 spiro atoms. The molecule has 0 aliphatic heterocycles. The molecule has 0 bridgehead atoms. The van der Waals surface area contributed by atoms with E-state index in [-0.39, 0.29) is 10.8 Å². The van der Waals surface area contributed by atoms with Gasteiger partial charge in [-0.25, -0.2) is 8.42 Å². The summed E-state index contributed by atoms with van der Waals surface area (Å²) in [5.41, 5.74) is 2.96. The second-order valence-corrected chi connectivity index (χ2v) is 10.3. The molecule has 8 heteroatoms. The van der Waals surface area contributed by atoms with Crippen molar-refractivity contribution >= 4 is 38.5 Å². The van der Waals surface area contributed by atoms with Crippen LogP contribution in [0.5, 0.6) is 0 Å². The number of rotatable bonds is 5. The van der Waals surface area contributed by atoms with Gasteiger partial charge < -0.3 is 5.32 Å². The number of nitrogens with zero attached hydrogens (tertiary/aromatic N) is 2. The molecule has 3 aromatic rings. The summed E-state index contributed by atoms with van der Waals surface area (Å²) in [7, 11) is -3.26. The summed E-state index contributed by atoms with van der Waals surface area (Å²) >= 11 is 1.18. The molecule has 1 N–H and O–H groups in total. The molecular formula is C21H23N3O3S2. The maximum atomic E-state index is 13.3. The zero-order chi connectivity index (χ0) is 20.5. The van der Waals surface area contributed by atoms with Gasteiger partial charge in [0.2, 0.25) is 5.91 Å². The summed E-state index contributed by atoms with van der Waals surface area (Å²) < 4.78 is 32.0. The lowest BCUT2D eigenvalue weighted by molar-refractivity contribution is -0.128. The number of amides is 1. The average Bonchev–Trinajstić information content (AvgIpc) is 3.20. The third-order valence-electron chi connectivity index (χ3n) is 5.75. The van der Waals surface area contributed by atoms with Gasteiger partial charge in [0.15, 0.2) is 9.84 Å². The Bertz CT molecular complexity index is 1130. The number of carbonyl (C=O) groups is 1. The highest BCUT2D eigenvalue weighted by atomic mass is 32.2. The predicted molar refractivity (Wildman–Crippen MR) is 114 cm³/mol. The number of aromatic nitrogens is 2. The average molecular weight is 430 g/mol. The van der Waals surface area contributed by atoms with E-state index in [1.165, 1.54) is 18.0 Å². The Morgan fingerprint density at radius 3 is 2.41 bits per heavy atom. The largest absolute Gasteiger partial charge is 0.351 e. The minimum absolute atomic E-state index is 0.000746. The van der Waals surface area contributed by atoms with Gasteiger partial charge in [0.25, 0.3) is 0 Å². The fourth-order valence-electron chi connectivity index (χ4n) is 4.11. The topological polar surface area (TPSA) is 89.0 Å². The molecule has 29 heavy (non-hydrogen) atoms. The zero-order valence-corrected chi connectivity index (χ0v) is 17.9. The first-order valence-electron chi connectivity index (χ1n) is 9.69. The Balaban J connectivity index is 1.57. The van der Waals surface area contributed by atoms with Crippen molar-refractivity contribution in [2.24, 2.45) is 0 Å². The molecule has 1 saturated carbocycles. The van der Waals surface area contributed by atoms with Gasteiger partial charge in [-0.15, -0.1) is 0 Å². The third kappa shape index (κ3) is 4.04. The van der Waals surface area contributed by atoms with Crippen LogP contribution in [0.3, 0.4) is 0 Å². The molecule has 0 saturated heterocycles. The first kappa shape index (κ1) is 20.0. The lowest BCUT2D eigenvalue weighted by Gasteiger charge is -2.36. The quantitative estimate of drug-likeness (QED) is 0.669. The fourth-order valence-corrected chi connectivity index (χ4v) is 5.26. The van der Waals surface area contributed by atoms with Crippen molar-refractivity contribution in [3.63, 3.8) is 0 Å². The van der Waals surface area contributed by atoms with Crippen LogP contribution in [0, 0.1) is 0 Å². The van der Waals surface area contributed by atoms with Gasteiger partial charge in [0.1, 0.15) is 11.0 Å². The van der Waals surface area contributed by atoms with E-state index in [0.29, 0.717) is 6.54 Å². The second-order valence-electron chi connectivity index (χ2n) is 7.71. The summed E-state index contributed by atoms with van der Waals surface area (Å²) in [4.78, 5) is 13.6. The summed E-state index contributed by atoms with van der Waals surface area (Å²) in [5, 5.41) is 3.11. The van der Waals surface area contributed by atoms with Crippen LogP contribution in [-0.2, 0) is 26.6 Å². The molecule has 2 aromatic carbocycles. The van der Waals surface area contributed by atoms with E-state index in [4.69, 9.17) is 0 Å². The van der Waals surface area contributed by atoms with Crippen LogP contribution < -0.4 is 5.32 Å². The summed E-state index contributed by atoms with van der Waals surface area (Å²) in [6.45, 7) is 0.426. The maximum Gasteiger partial charge on any atom is 0.230 e. The van der Waals surface area contributed by atoms with Crippen molar-refractivity contribution in [1.29, 1.82) is 0 Å². The first-order chi connectivity index (χ1) is 13.9. The Hall–Kier alpha value is -2.32. The molecule has 1 aliphatic carbocycles. The number of sulfone groups is 1. The first-order valence-corrected chi connectivity index (χ1v) is 12.3. The summed E-state index contributed by atoms with van der Waals surface area (Å²) in [6, 6.07) is 12.6. The number of hydrogen-bond donors (Lipinski definition) is 1. The van der Waals surface area contributed by atoms with Crippen LogP contribution in [-0.4, -0.2) is 29.3 Å². The lowest BCUT2D eigenvalue weighted by Crippen LogP contribution is -2.45. The fraction of sp³-hybridized carbons (Fsp3) is 0.381. The van der Waals surface area contributed by atoms with Crippen molar-refractivity contribution < 1.29 is 13.2 Å². The molecule has 1 aliphatic rings. The van der Waals surface area contributed by atoms with Gasteiger partial charge in [-0.3, -0.25) is 4.79 Å². The number of nitrogens with one attached hydrogen (secondary N) is 1. The van der Waals surface area contributed by atoms with E-state index in [1.807, 2.05) is 18.2 Å².